The fourth-order valence-corrected chi connectivity index (χ4v) is 5.01. The van der Waals surface area contributed by atoms with Crippen LogP contribution in [0.15, 0.2) is 65.6 Å². The van der Waals surface area contributed by atoms with Gasteiger partial charge in [-0.1, -0.05) is 6.07 Å². The summed E-state index contributed by atoms with van der Waals surface area (Å²) < 4.78 is 39.1. The van der Waals surface area contributed by atoms with Gasteiger partial charge < -0.3 is 19.8 Å². The highest BCUT2D eigenvalue weighted by molar-refractivity contribution is 7.92. The minimum atomic E-state index is -4.00. The lowest BCUT2D eigenvalue weighted by molar-refractivity contribution is 0.102. The predicted molar refractivity (Wildman–Crippen MR) is 133 cm³/mol. The highest BCUT2D eigenvalue weighted by Gasteiger charge is 2.21. The van der Waals surface area contributed by atoms with Crippen LogP contribution < -0.4 is 19.5 Å². The molecule has 0 radical (unpaired) electrons. The van der Waals surface area contributed by atoms with Crippen LogP contribution in [0.2, 0.25) is 0 Å². The van der Waals surface area contributed by atoms with Gasteiger partial charge in [-0.15, -0.1) is 0 Å². The zero-order valence-electron chi connectivity index (χ0n) is 19.2. The van der Waals surface area contributed by atoms with Crippen LogP contribution in [-0.2, 0) is 10.0 Å². The van der Waals surface area contributed by atoms with E-state index in [1.165, 1.54) is 26.4 Å². The number of ether oxygens (including phenoxy) is 2. The van der Waals surface area contributed by atoms with Gasteiger partial charge in [0.25, 0.3) is 15.9 Å². The molecule has 4 rings (SSSR count). The van der Waals surface area contributed by atoms with E-state index < -0.39 is 10.0 Å². The molecule has 34 heavy (non-hydrogen) atoms. The Balaban J connectivity index is 1.61. The molecule has 9 heteroatoms. The molecule has 4 aromatic rings. The van der Waals surface area contributed by atoms with Gasteiger partial charge in [-0.25, -0.2) is 8.42 Å². The lowest BCUT2D eigenvalue weighted by Crippen LogP contribution is -2.16. The number of amides is 1. The van der Waals surface area contributed by atoms with E-state index in [-0.39, 0.29) is 16.6 Å². The Bertz CT molecular complexity index is 1470. The van der Waals surface area contributed by atoms with Crippen LogP contribution >= 0.6 is 0 Å². The Labute approximate surface area is 198 Å². The number of carbonyl (C=O) groups excluding carboxylic acids is 1. The van der Waals surface area contributed by atoms with Crippen molar-refractivity contribution in [2.24, 2.45) is 0 Å². The lowest BCUT2D eigenvalue weighted by Gasteiger charge is -2.14. The van der Waals surface area contributed by atoms with Crippen LogP contribution in [0.1, 0.15) is 21.6 Å². The maximum atomic E-state index is 13.1. The summed E-state index contributed by atoms with van der Waals surface area (Å²) in [4.78, 5) is 15.9. The molecule has 1 heterocycles. The molecule has 0 unspecified atom stereocenters. The smallest absolute Gasteiger partial charge is 0.272 e. The van der Waals surface area contributed by atoms with Crippen LogP contribution in [0, 0.1) is 13.8 Å². The number of rotatable bonds is 7. The molecule has 0 spiro atoms. The van der Waals surface area contributed by atoms with Crippen molar-refractivity contribution in [2.75, 3.05) is 24.3 Å². The number of carbonyl (C=O) groups is 1. The number of hydrogen-bond acceptors (Lipinski definition) is 5. The van der Waals surface area contributed by atoms with Crippen LogP contribution in [-0.4, -0.2) is 33.5 Å². The van der Waals surface area contributed by atoms with Crippen molar-refractivity contribution in [2.45, 2.75) is 18.7 Å². The first kappa shape index (κ1) is 23.2. The van der Waals surface area contributed by atoms with Gasteiger partial charge >= 0.3 is 0 Å². The van der Waals surface area contributed by atoms with Crippen molar-refractivity contribution in [3.63, 3.8) is 0 Å². The number of methoxy groups -OCH3 is 2. The Morgan fingerprint density at radius 3 is 2.26 bits per heavy atom. The highest BCUT2D eigenvalue weighted by Crippen LogP contribution is 2.30. The first-order chi connectivity index (χ1) is 16.2. The van der Waals surface area contributed by atoms with Crippen molar-refractivity contribution < 1.29 is 22.7 Å². The molecule has 8 nitrogen and oxygen atoms in total. The Hall–Kier alpha value is -3.98. The van der Waals surface area contributed by atoms with Gasteiger partial charge in [0.05, 0.1) is 14.2 Å². The van der Waals surface area contributed by atoms with Gasteiger partial charge in [0, 0.05) is 22.3 Å². The number of benzene rings is 3. The molecule has 0 aliphatic carbocycles. The van der Waals surface area contributed by atoms with Gasteiger partial charge in [-0.05, 0) is 79.6 Å². The second kappa shape index (κ2) is 9.11. The second-order valence-electron chi connectivity index (χ2n) is 7.88. The topological polar surface area (TPSA) is 110 Å². The third-order valence-electron chi connectivity index (χ3n) is 5.39. The molecule has 0 aliphatic rings. The third kappa shape index (κ3) is 4.69. The molecule has 0 saturated carbocycles. The number of aryl methyl sites for hydroxylation is 2. The van der Waals surface area contributed by atoms with Crippen molar-refractivity contribution in [1.29, 1.82) is 0 Å². The van der Waals surface area contributed by atoms with E-state index in [1.807, 2.05) is 26.0 Å². The molecule has 3 N–H and O–H groups in total. The zero-order valence-corrected chi connectivity index (χ0v) is 20.0. The normalized spacial score (nSPS) is 11.3. The van der Waals surface area contributed by atoms with Crippen LogP contribution in [0.3, 0.4) is 0 Å². The van der Waals surface area contributed by atoms with Crippen molar-refractivity contribution in [3.05, 3.63) is 77.5 Å². The SMILES string of the molecule is COc1ccc(NS(=O)(=O)c2cc(NC(=O)c3cc4c(C)cc(C)cc4[nH]3)ccc2OC)cc1. The molecule has 0 aliphatic heterocycles. The van der Waals surface area contributed by atoms with Crippen molar-refractivity contribution in [3.8, 4) is 11.5 Å². The molecular formula is C25H25N3O5S. The van der Waals surface area contributed by atoms with Gasteiger partial charge in [-0.3, -0.25) is 9.52 Å². The molecule has 0 bridgehead atoms. The van der Waals surface area contributed by atoms with Crippen molar-refractivity contribution >= 4 is 38.2 Å². The number of hydrogen-bond donors (Lipinski definition) is 3. The lowest BCUT2D eigenvalue weighted by atomic mass is 10.1. The minimum Gasteiger partial charge on any atom is -0.497 e. The summed E-state index contributed by atoms with van der Waals surface area (Å²) in [6, 6.07) is 16.7. The first-order valence-corrected chi connectivity index (χ1v) is 11.9. The molecule has 176 valence electrons. The number of anilines is 2. The van der Waals surface area contributed by atoms with E-state index in [1.54, 1.807) is 36.4 Å². The molecule has 3 aromatic carbocycles. The number of sulfonamides is 1. The van der Waals surface area contributed by atoms with Crippen molar-refractivity contribution in [1.82, 2.24) is 4.98 Å². The monoisotopic (exact) mass is 479 g/mol. The number of fused-ring (bicyclic) bond motifs is 1. The van der Waals surface area contributed by atoms with E-state index in [0.717, 1.165) is 22.0 Å². The van der Waals surface area contributed by atoms with Gasteiger partial charge in [0.1, 0.15) is 22.1 Å². The third-order valence-corrected chi connectivity index (χ3v) is 6.79. The van der Waals surface area contributed by atoms with Gasteiger partial charge in [0.2, 0.25) is 0 Å². The zero-order chi connectivity index (χ0) is 24.5. The molecule has 0 saturated heterocycles. The van der Waals surface area contributed by atoms with Crippen LogP contribution in [0.25, 0.3) is 10.9 Å². The molecule has 1 amide bonds. The summed E-state index contributed by atoms with van der Waals surface area (Å²) in [5.41, 5.74) is 4.07. The van der Waals surface area contributed by atoms with Crippen LogP contribution in [0.4, 0.5) is 11.4 Å². The number of nitrogens with one attached hydrogen (secondary N) is 3. The standard InChI is InChI=1S/C25H25N3O5S/c1-15-11-16(2)20-14-22(27-21(20)12-15)25(29)26-18-7-10-23(33-4)24(13-18)34(30,31)28-17-5-8-19(32-3)9-6-17/h5-14,27-28H,1-4H3,(H,26,29). The number of aromatic amines is 1. The second-order valence-corrected chi connectivity index (χ2v) is 9.53. The minimum absolute atomic E-state index is 0.105. The maximum Gasteiger partial charge on any atom is 0.272 e. The summed E-state index contributed by atoms with van der Waals surface area (Å²) in [5.74, 6) is 0.369. The quantitative estimate of drug-likeness (QED) is 0.351. The average Bonchev–Trinajstić information content (AvgIpc) is 3.24. The molecule has 0 fully saturated rings. The summed E-state index contributed by atoms with van der Waals surface area (Å²) >= 11 is 0. The highest BCUT2D eigenvalue weighted by atomic mass is 32.2. The van der Waals surface area contributed by atoms with Gasteiger partial charge in [-0.2, -0.15) is 0 Å². The first-order valence-electron chi connectivity index (χ1n) is 10.5. The summed E-state index contributed by atoms with van der Waals surface area (Å²) in [7, 11) is -1.09. The summed E-state index contributed by atoms with van der Waals surface area (Å²) in [6.07, 6.45) is 0. The molecular weight excluding hydrogens is 454 g/mol. The summed E-state index contributed by atoms with van der Waals surface area (Å²) in [6.45, 7) is 3.98. The Morgan fingerprint density at radius 1 is 0.882 bits per heavy atom. The Kier molecular flexibility index (Phi) is 6.21. The van der Waals surface area contributed by atoms with Gasteiger partial charge in [0.15, 0.2) is 0 Å². The predicted octanol–water partition coefficient (Wildman–Crippen LogP) is 4.86. The van der Waals surface area contributed by atoms with E-state index in [2.05, 4.69) is 15.0 Å². The fraction of sp³-hybridized carbons (Fsp3) is 0.160. The Morgan fingerprint density at radius 2 is 1.59 bits per heavy atom. The maximum absolute atomic E-state index is 13.1. The van der Waals surface area contributed by atoms with E-state index in [0.29, 0.717) is 22.8 Å². The average molecular weight is 480 g/mol. The molecule has 1 aromatic heterocycles. The summed E-state index contributed by atoms with van der Waals surface area (Å²) in [5, 5.41) is 3.72. The van der Waals surface area contributed by atoms with E-state index >= 15 is 0 Å². The largest absolute Gasteiger partial charge is 0.497 e. The van der Waals surface area contributed by atoms with E-state index in [9.17, 15) is 13.2 Å². The number of aromatic nitrogens is 1. The van der Waals surface area contributed by atoms with Crippen LogP contribution in [0.5, 0.6) is 11.5 Å². The number of H-pyrrole nitrogens is 1. The fourth-order valence-electron chi connectivity index (χ4n) is 3.75. The van der Waals surface area contributed by atoms with E-state index in [4.69, 9.17) is 9.47 Å². The molecule has 0 atom stereocenters.